The molecule has 0 atom stereocenters. The van der Waals surface area contributed by atoms with Crippen molar-refractivity contribution in [2.75, 3.05) is 23.7 Å². The summed E-state index contributed by atoms with van der Waals surface area (Å²) in [5.41, 5.74) is 4.15. The molecule has 0 bridgehead atoms. The highest BCUT2D eigenvalue weighted by Crippen LogP contribution is 2.31. The number of ketones is 1. The molecule has 7 heteroatoms. The van der Waals surface area contributed by atoms with Crippen LogP contribution in [-0.4, -0.2) is 39.6 Å². The van der Waals surface area contributed by atoms with Gasteiger partial charge in [-0.2, -0.15) is 0 Å². The Kier molecular flexibility index (Phi) is 5.61. The van der Waals surface area contributed by atoms with Gasteiger partial charge in [0.15, 0.2) is 12.4 Å². The fourth-order valence-electron chi connectivity index (χ4n) is 3.62. The van der Waals surface area contributed by atoms with Gasteiger partial charge in [0.25, 0.3) is 0 Å². The molecule has 1 aliphatic rings. The molecule has 0 radical (unpaired) electrons. The average molecular weight is 436 g/mol. The lowest BCUT2D eigenvalue weighted by Gasteiger charge is -2.16. The number of esters is 1. The molecule has 0 N–H and O–H groups in total. The minimum absolute atomic E-state index is 0.293. The van der Waals surface area contributed by atoms with Gasteiger partial charge >= 0.3 is 5.97 Å². The van der Waals surface area contributed by atoms with Gasteiger partial charge in [0, 0.05) is 12.1 Å². The molecule has 0 saturated carbocycles. The van der Waals surface area contributed by atoms with Crippen molar-refractivity contribution in [3.05, 3.63) is 89.5 Å². The normalized spacial score (nSPS) is 13.0. The van der Waals surface area contributed by atoms with Crippen LogP contribution < -0.4 is 4.31 Å². The fraction of sp³-hybridized carbons (Fsp3) is 0.167. The lowest BCUT2D eigenvalue weighted by molar-refractivity contribution is 0.0474. The van der Waals surface area contributed by atoms with Crippen molar-refractivity contribution in [1.82, 2.24) is 0 Å². The summed E-state index contributed by atoms with van der Waals surface area (Å²) in [6, 6.07) is 21.7. The second kappa shape index (κ2) is 8.35. The molecule has 0 spiro atoms. The molecule has 3 aromatic rings. The fourth-order valence-corrected chi connectivity index (χ4v) is 4.58. The van der Waals surface area contributed by atoms with Crippen LogP contribution in [0, 0.1) is 0 Å². The first-order chi connectivity index (χ1) is 14.8. The van der Waals surface area contributed by atoms with Gasteiger partial charge in [0.05, 0.1) is 17.5 Å². The molecule has 1 heterocycles. The van der Waals surface area contributed by atoms with Crippen LogP contribution in [0.1, 0.15) is 26.3 Å². The summed E-state index contributed by atoms with van der Waals surface area (Å²) in [6.07, 6.45) is 1.68. The Hall–Kier alpha value is -3.45. The zero-order valence-corrected chi connectivity index (χ0v) is 17.8. The second-order valence-electron chi connectivity index (χ2n) is 7.37. The molecule has 6 nitrogen and oxygen atoms in total. The highest BCUT2D eigenvalue weighted by atomic mass is 32.2. The van der Waals surface area contributed by atoms with E-state index < -0.39 is 16.0 Å². The minimum atomic E-state index is -3.35. The summed E-state index contributed by atoms with van der Waals surface area (Å²) in [7, 11) is -3.35. The average Bonchev–Trinajstić information content (AvgIpc) is 3.22. The van der Waals surface area contributed by atoms with Crippen molar-refractivity contribution in [2.24, 2.45) is 0 Å². The van der Waals surface area contributed by atoms with Crippen LogP contribution in [0.25, 0.3) is 11.1 Å². The smallest absolute Gasteiger partial charge is 0.338 e. The van der Waals surface area contributed by atoms with Crippen molar-refractivity contribution in [2.45, 2.75) is 6.42 Å². The number of fused-ring (bicyclic) bond motifs is 1. The Balaban J connectivity index is 1.39. The van der Waals surface area contributed by atoms with Gasteiger partial charge < -0.3 is 4.74 Å². The number of sulfonamides is 1. The summed E-state index contributed by atoms with van der Waals surface area (Å²) in [4.78, 5) is 24.8. The van der Waals surface area contributed by atoms with Crippen LogP contribution in [0.3, 0.4) is 0 Å². The molecule has 31 heavy (non-hydrogen) atoms. The summed E-state index contributed by atoms with van der Waals surface area (Å²) < 4.78 is 30.2. The maximum atomic E-state index is 12.4. The van der Waals surface area contributed by atoms with E-state index in [4.69, 9.17) is 4.74 Å². The number of rotatable bonds is 6. The maximum Gasteiger partial charge on any atom is 0.338 e. The van der Waals surface area contributed by atoms with Gasteiger partial charge in [-0.1, -0.05) is 54.6 Å². The SMILES string of the molecule is CS(=O)(=O)N1CCc2cc(C(=O)OCC(=O)c3ccc(-c4ccccc4)cc3)ccc21. The van der Waals surface area contributed by atoms with Gasteiger partial charge in [-0.05, 0) is 41.3 Å². The Morgan fingerprint density at radius 1 is 0.903 bits per heavy atom. The largest absolute Gasteiger partial charge is 0.454 e. The Bertz CT molecular complexity index is 1230. The van der Waals surface area contributed by atoms with Crippen molar-refractivity contribution >= 4 is 27.5 Å². The molecule has 0 amide bonds. The van der Waals surface area contributed by atoms with E-state index in [9.17, 15) is 18.0 Å². The van der Waals surface area contributed by atoms with E-state index in [0.29, 0.717) is 29.8 Å². The lowest BCUT2D eigenvalue weighted by Crippen LogP contribution is -2.27. The van der Waals surface area contributed by atoms with E-state index in [1.165, 1.54) is 10.4 Å². The van der Waals surface area contributed by atoms with Gasteiger partial charge in [-0.15, -0.1) is 0 Å². The minimum Gasteiger partial charge on any atom is -0.454 e. The number of carbonyl (C=O) groups excluding carboxylic acids is 2. The zero-order valence-electron chi connectivity index (χ0n) is 16.9. The number of nitrogens with zero attached hydrogens (tertiary/aromatic N) is 1. The first kappa shape index (κ1) is 20.8. The number of hydrogen-bond acceptors (Lipinski definition) is 5. The highest BCUT2D eigenvalue weighted by Gasteiger charge is 2.27. The predicted molar refractivity (Wildman–Crippen MR) is 119 cm³/mol. The van der Waals surface area contributed by atoms with Crippen LogP contribution in [0.5, 0.6) is 0 Å². The van der Waals surface area contributed by atoms with E-state index in [1.54, 1.807) is 24.3 Å². The molecule has 1 aliphatic heterocycles. The molecular formula is C24H21NO5S. The van der Waals surface area contributed by atoms with Crippen molar-refractivity contribution in [3.63, 3.8) is 0 Å². The molecule has 0 saturated heterocycles. The molecule has 158 valence electrons. The third kappa shape index (κ3) is 4.51. The molecule has 0 fully saturated rings. The number of carbonyl (C=O) groups is 2. The van der Waals surface area contributed by atoms with Crippen LogP contribution in [0.15, 0.2) is 72.8 Å². The standard InChI is InChI=1S/C24H21NO5S/c1-31(28,29)25-14-13-20-15-21(11-12-22(20)25)24(27)30-16-23(26)19-9-7-18(8-10-19)17-5-3-2-4-6-17/h2-12,15H,13-14,16H2,1H3. The van der Waals surface area contributed by atoms with E-state index in [0.717, 1.165) is 22.9 Å². The van der Waals surface area contributed by atoms with Gasteiger partial charge in [0.1, 0.15) is 0 Å². The quantitative estimate of drug-likeness (QED) is 0.436. The topological polar surface area (TPSA) is 80.8 Å². The van der Waals surface area contributed by atoms with Gasteiger partial charge in [0.2, 0.25) is 10.0 Å². The highest BCUT2D eigenvalue weighted by molar-refractivity contribution is 7.92. The van der Waals surface area contributed by atoms with E-state index >= 15 is 0 Å². The third-order valence-electron chi connectivity index (χ3n) is 5.22. The monoisotopic (exact) mass is 435 g/mol. The number of anilines is 1. The number of benzene rings is 3. The number of ether oxygens (including phenoxy) is 1. The summed E-state index contributed by atoms with van der Waals surface area (Å²) in [5, 5.41) is 0. The lowest BCUT2D eigenvalue weighted by atomic mass is 10.0. The molecule has 4 rings (SSSR count). The summed E-state index contributed by atoms with van der Waals surface area (Å²) in [5.74, 6) is -0.910. The van der Waals surface area contributed by atoms with Gasteiger partial charge in [-0.3, -0.25) is 9.10 Å². The summed E-state index contributed by atoms with van der Waals surface area (Å²) in [6.45, 7) is -0.0137. The maximum absolute atomic E-state index is 12.4. The zero-order chi connectivity index (χ0) is 22.0. The Morgan fingerprint density at radius 2 is 1.55 bits per heavy atom. The van der Waals surface area contributed by atoms with Crippen LogP contribution in [0.4, 0.5) is 5.69 Å². The van der Waals surface area contributed by atoms with E-state index in [2.05, 4.69) is 0 Å². The van der Waals surface area contributed by atoms with Crippen LogP contribution in [-0.2, 0) is 21.2 Å². The number of hydrogen-bond donors (Lipinski definition) is 0. The Labute approximate surface area is 181 Å². The van der Waals surface area contributed by atoms with Gasteiger partial charge in [-0.25, -0.2) is 13.2 Å². The van der Waals surface area contributed by atoms with E-state index in [-0.39, 0.29) is 12.4 Å². The molecule has 3 aromatic carbocycles. The molecule has 0 aliphatic carbocycles. The van der Waals surface area contributed by atoms with Crippen LogP contribution >= 0.6 is 0 Å². The molecular weight excluding hydrogens is 414 g/mol. The predicted octanol–water partition coefficient (Wildman–Crippen LogP) is 3.72. The molecule has 0 unspecified atom stereocenters. The second-order valence-corrected chi connectivity index (χ2v) is 9.28. The Morgan fingerprint density at radius 3 is 2.23 bits per heavy atom. The van der Waals surface area contributed by atoms with Crippen molar-refractivity contribution in [3.8, 4) is 11.1 Å². The first-order valence-electron chi connectivity index (χ1n) is 9.79. The van der Waals surface area contributed by atoms with Crippen LogP contribution in [0.2, 0.25) is 0 Å². The third-order valence-corrected chi connectivity index (χ3v) is 6.40. The first-order valence-corrected chi connectivity index (χ1v) is 11.6. The van der Waals surface area contributed by atoms with Crippen molar-refractivity contribution < 1.29 is 22.7 Å². The van der Waals surface area contributed by atoms with E-state index in [1.807, 2.05) is 42.5 Å². The van der Waals surface area contributed by atoms with Crippen molar-refractivity contribution in [1.29, 1.82) is 0 Å². The number of Topliss-reactive ketones (excluding diaryl/α,β-unsaturated/α-hetero) is 1. The summed E-state index contributed by atoms with van der Waals surface area (Å²) >= 11 is 0. The molecule has 0 aromatic heterocycles.